The van der Waals surface area contributed by atoms with Gasteiger partial charge in [-0.3, -0.25) is 4.99 Å². The maximum atomic E-state index is 6.05. The average molecular weight is 240 g/mol. The van der Waals surface area contributed by atoms with Crippen molar-refractivity contribution in [2.75, 3.05) is 46.9 Å². The van der Waals surface area contributed by atoms with E-state index in [0.717, 1.165) is 39.3 Å². The SMILES string of the molecule is CC1COCCC12CN=C(N)N2CCN(C)C. The topological polar surface area (TPSA) is 54.1 Å². The van der Waals surface area contributed by atoms with Gasteiger partial charge in [-0.15, -0.1) is 0 Å². The van der Waals surface area contributed by atoms with Crippen LogP contribution in [-0.2, 0) is 4.74 Å². The lowest BCUT2D eigenvalue weighted by Gasteiger charge is -2.46. The minimum atomic E-state index is 0.109. The van der Waals surface area contributed by atoms with E-state index in [0.29, 0.717) is 11.9 Å². The van der Waals surface area contributed by atoms with Crippen molar-refractivity contribution in [2.24, 2.45) is 16.6 Å². The highest BCUT2D eigenvalue weighted by molar-refractivity contribution is 5.81. The van der Waals surface area contributed by atoms with E-state index in [2.05, 4.69) is 35.8 Å². The van der Waals surface area contributed by atoms with Gasteiger partial charge in [-0.25, -0.2) is 0 Å². The van der Waals surface area contributed by atoms with Crippen LogP contribution in [0.5, 0.6) is 0 Å². The number of rotatable bonds is 3. The van der Waals surface area contributed by atoms with Gasteiger partial charge in [0.25, 0.3) is 0 Å². The molecule has 1 spiro atoms. The van der Waals surface area contributed by atoms with Gasteiger partial charge in [0.15, 0.2) is 5.96 Å². The molecule has 0 bridgehead atoms. The molecule has 0 aromatic rings. The summed E-state index contributed by atoms with van der Waals surface area (Å²) in [6.45, 7) is 6.68. The number of nitrogens with zero attached hydrogens (tertiary/aromatic N) is 3. The molecular weight excluding hydrogens is 216 g/mol. The van der Waals surface area contributed by atoms with E-state index in [4.69, 9.17) is 10.5 Å². The first kappa shape index (κ1) is 12.6. The molecule has 2 aliphatic heterocycles. The Labute approximate surface area is 104 Å². The first-order valence-corrected chi connectivity index (χ1v) is 6.36. The fourth-order valence-electron chi connectivity index (χ4n) is 2.80. The van der Waals surface area contributed by atoms with Crippen LogP contribution in [0.25, 0.3) is 0 Å². The molecule has 0 aliphatic carbocycles. The lowest BCUT2D eigenvalue weighted by molar-refractivity contribution is -0.0344. The zero-order valence-electron chi connectivity index (χ0n) is 11.1. The maximum absolute atomic E-state index is 6.05. The predicted octanol–water partition coefficient (Wildman–Crippen LogP) is -0.0265. The second-order valence-electron chi connectivity index (χ2n) is 5.46. The summed E-state index contributed by atoms with van der Waals surface area (Å²) in [5.41, 5.74) is 6.16. The van der Waals surface area contributed by atoms with Gasteiger partial charge >= 0.3 is 0 Å². The molecule has 17 heavy (non-hydrogen) atoms. The third-order valence-corrected chi connectivity index (χ3v) is 4.06. The smallest absolute Gasteiger partial charge is 0.191 e. The summed E-state index contributed by atoms with van der Waals surface area (Å²) in [4.78, 5) is 8.96. The minimum absolute atomic E-state index is 0.109. The van der Waals surface area contributed by atoms with Crippen LogP contribution in [0.3, 0.4) is 0 Å². The molecule has 0 aromatic carbocycles. The number of ether oxygens (including phenoxy) is 1. The number of likely N-dealkylation sites (N-methyl/N-ethyl adjacent to an activating group) is 1. The number of nitrogens with two attached hydrogens (primary N) is 1. The van der Waals surface area contributed by atoms with Crippen LogP contribution < -0.4 is 5.73 Å². The van der Waals surface area contributed by atoms with Crippen molar-refractivity contribution < 1.29 is 4.74 Å². The van der Waals surface area contributed by atoms with Crippen molar-refractivity contribution in [1.29, 1.82) is 0 Å². The van der Waals surface area contributed by atoms with Crippen LogP contribution >= 0.6 is 0 Å². The molecule has 2 rings (SSSR count). The van der Waals surface area contributed by atoms with Gasteiger partial charge in [-0.2, -0.15) is 0 Å². The zero-order valence-corrected chi connectivity index (χ0v) is 11.1. The monoisotopic (exact) mass is 240 g/mol. The Morgan fingerprint density at radius 1 is 1.59 bits per heavy atom. The van der Waals surface area contributed by atoms with Gasteiger partial charge in [0.05, 0.1) is 18.7 Å². The van der Waals surface area contributed by atoms with Gasteiger partial charge in [0.1, 0.15) is 0 Å². The second-order valence-corrected chi connectivity index (χ2v) is 5.46. The Morgan fingerprint density at radius 2 is 2.35 bits per heavy atom. The fraction of sp³-hybridized carbons (Fsp3) is 0.917. The van der Waals surface area contributed by atoms with Crippen molar-refractivity contribution in [3.05, 3.63) is 0 Å². The van der Waals surface area contributed by atoms with Crippen molar-refractivity contribution in [3.8, 4) is 0 Å². The van der Waals surface area contributed by atoms with E-state index in [9.17, 15) is 0 Å². The molecule has 1 saturated heterocycles. The van der Waals surface area contributed by atoms with Crippen molar-refractivity contribution in [3.63, 3.8) is 0 Å². The predicted molar refractivity (Wildman–Crippen MR) is 69.1 cm³/mol. The van der Waals surface area contributed by atoms with Gasteiger partial charge in [-0.1, -0.05) is 6.92 Å². The zero-order chi connectivity index (χ0) is 12.5. The highest BCUT2D eigenvalue weighted by Gasteiger charge is 2.47. The summed E-state index contributed by atoms with van der Waals surface area (Å²) < 4.78 is 5.55. The maximum Gasteiger partial charge on any atom is 0.191 e. The Kier molecular flexibility index (Phi) is 3.58. The fourth-order valence-corrected chi connectivity index (χ4v) is 2.80. The Morgan fingerprint density at radius 3 is 3.00 bits per heavy atom. The molecule has 2 unspecified atom stereocenters. The average Bonchev–Trinajstić information content (AvgIpc) is 2.59. The van der Waals surface area contributed by atoms with Gasteiger partial charge in [-0.05, 0) is 20.5 Å². The third-order valence-electron chi connectivity index (χ3n) is 4.06. The lowest BCUT2D eigenvalue weighted by atomic mass is 9.80. The van der Waals surface area contributed by atoms with Crippen molar-refractivity contribution in [1.82, 2.24) is 9.80 Å². The minimum Gasteiger partial charge on any atom is -0.381 e. The summed E-state index contributed by atoms with van der Waals surface area (Å²) in [5, 5.41) is 0. The summed E-state index contributed by atoms with van der Waals surface area (Å²) in [6, 6.07) is 0. The molecule has 2 heterocycles. The van der Waals surface area contributed by atoms with Gasteiger partial charge in [0, 0.05) is 25.6 Å². The number of guanidine groups is 1. The van der Waals surface area contributed by atoms with Gasteiger partial charge in [0.2, 0.25) is 0 Å². The van der Waals surface area contributed by atoms with E-state index >= 15 is 0 Å². The highest BCUT2D eigenvalue weighted by atomic mass is 16.5. The van der Waals surface area contributed by atoms with Crippen LogP contribution in [0.4, 0.5) is 0 Å². The molecule has 0 amide bonds. The molecule has 0 radical (unpaired) electrons. The third kappa shape index (κ3) is 2.26. The van der Waals surface area contributed by atoms with Crippen molar-refractivity contribution >= 4 is 5.96 Å². The van der Waals surface area contributed by atoms with E-state index in [1.807, 2.05) is 0 Å². The summed E-state index contributed by atoms with van der Waals surface area (Å²) >= 11 is 0. The molecule has 2 aliphatic rings. The van der Waals surface area contributed by atoms with E-state index in [-0.39, 0.29) is 5.54 Å². The first-order valence-electron chi connectivity index (χ1n) is 6.36. The Hall–Kier alpha value is -0.810. The summed E-state index contributed by atoms with van der Waals surface area (Å²) in [5.74, 6) is 1.20. The largest absolute Gasteiger partial charge is 0.381 e. The van der Waals surface area contributed by atoms with Crippen LogP contribution in [0, 0.1) is 5.92 Å². The molecule has 5 nitrogen and oxygen atoms in total. The molecule has 1 fully saturated rings. The van der Waals surface area contributed by atoms with E-state index < -0.39 is 0 Å². The molecule has 5 heteroatoms. The highest BCUT2D eigenvalue weighted by Crippen LogP contribution is 2.36. The number of aliphatic imine (C=N–C) groups is 1. The van der Waals surface area contributed by atoms with Gasteiger partial charge < -0.3 is 20.3 Å². The van der Waals surface area contributed by atoms with E-state index in [1.165, 1.54) is 0 Å². The second kappa shape index (κ2) is 4.82. The molecule has 98 valence electrons. The van der Waals surface area contributed by atoms with Crippen LogP contribution in [0.15, 0.2) is 4.99 Å². The Bertz CT molecular complexity index is 305. The molecule has 0 aromatic heterocycles. The lowest BCUT2D eigenvalue weighted by Crippen LogP contribution is -2.60. The summed E-state index contributed by atoms with van der Waals surface area (Å²) in [7, 11) is 4.17. The molecule has 2 atom stereocenters. The van der Waals surface area contributed by atoms with Crippen LogP contribution in [0.2, 0.25) is 0 Å². The normalized spacial score (nSPS) is 33.5. The molecule has 0 saturated carbocycles. The van der Waals surface area contributed by atoms with Crippen LogP contribution in [-0.4, -0.2) is 68.2 Å². The molecule has 2 N–H and O–H groups in total. The standard InChI is InChI=1S/C12H24N4O/c1-10-8-17-7-4-12(10)9-14-11(13)16(12)6-5-15(2)3/h10H,4-9H2,1-3H3,(H2,13,14). The summed E-state index contributed by atoms with van der Waals surface area (Å²) in [6.07, 6.45) is 1.03. The van der Waals surface area contributed by atoms with Crippen LogP contribution in [0.1, 0.15) is 13.3 Å². The Balaban J connectivity index is 2.10. The number of hydrogen-bond donors (Lipinski definition) is 1. The quantitative estimate of drug-likeness (QED) is 0.753. The first-order chi connectivity index (χ1) is 8.06. The van der Waals surface area contributed by atoms with E-state index in [1.54, 1.807) is 0 Å². The molecular formula is C12H24N4O. The van der Waals surface area contributed by atoms with Crippen molar-refractivity contribution in [2.45, 2.75) is 18.9 Å². The number of hydrogen-bond acceptors (Lipinski definition) is 5.